The summed E-state index contributed by atoms with van der Waals surface area (Å²) in [5.41, 5.74) is -0.577. The number of ketones is 1. The van der Waals surface area contributed by atoms with Crippen LogP contribution in [-0.2, 0) is 4.79 Å². The van der Waals surface area contributed by atoms with E-state index in [0.29, 0.717) is 12.8 Å². The zero-order valence-corrected chi connectivity index (χ0v) is 10.2. The van der Waals surface area contributed by atoms with Crippen molar-refractivity contribution in [1.29, 1.82) is 0 Å². The molecular weight excluding hydrogens is 232 g/mol. The van der Waals surface area contributed by atoms with Crippen LogP contribution in [-0.4, -0.2) is 33.9 Å². The van der Waals surface area contributed by atoms with Gasteiger partial charge in [-0.05, 0) is 25.0 Å². The maximum absolute atomic E-state index is 11.7. The summed E-state index contributed by atoms with van der Waals surface area (Å²) in [5, 5.41) is 12.7. The van der Waals surface area contributed by atoms with Crippen LogP contribution in [0.15, 0.2) is 18.3 Å². The third-order valence-electron chi connectivity index (χ3n) is 3.41. The van der Waals surface area contributed by atoms with Crippen LogP contribution in [0.2, 0.25) is 0 Å². The lowest BCUT2D eigenvalue weighted by atomic mass is 9.85. The van der Waals surface area contributed by atoms with E-state index in [1.807, 2.05) is 0 Å². The number of Topliss-reactive ketones (excluding diaryl/α,β-unsaturated/α-hetero) is 1. The first-order valence-electron chi connectivity index (χ1n) is 6.29. The summed E-state index contributed by atoms with van der Waals surface area (Å²) >= 11 is 0. The van der Waals surface area contributed by atoms with Gasteiger partial charge in [-0.15, -0.1) is 0 Å². The summed E-state index contributed by atoms with van der Waals surface area (Å²) < 4.78 is 0. The maximum atomic E-state index is 11.7. The van der Waals surface area contributed by atoms with E-state index in [0.717, 1.165) is 19.3 Å². The summed E-state index contributed by atoms with van der Waals surface area (Å²) in [6.45, 7) is 0.151. The van der Waals surface area contributed by atoms with Gasteiger partial charge in [0.1, 0.15) is 0 Å². The minimum atomic E-state index is -0.843. The Hall–Kier alpha value is -1.62. The molecule has 3 N–H and O–H groups in total. The molecule has 0 aliphatic heterocycles. The number of amides is 1. The number of H-pyrrole nitrogens is 1. The van der Waals surface area contributed by atoms with Crippen LogP contribution in [0.1, 0.15) is 42.6 Å². The number of nitrogens with one attached hydrogen (secondary N) is 2. The minimum Gasteiger partial charge on any atom is -0.388 e. The zero-order chi connectivity index (χ0) is 13.0. The average molecular weight is 250 g/mol. The molecule has 1 aliphatic carbocycles. The Morgan fingerprint density at radius 1 is 1.33 bits per heavy atom. The number of rotatable bonds is 4. The molecule has 1 aliphatic rings. The molecule has 2 rings (SSSR count). The van der Waals surface area contributed by atoms with Crippen LogP contribution >= 0.6 is 0 Å². The molecule has 5 heteroatoms. The van der Waals surface area contributed by atoms with Crippen LogP contribution in [0.5, 0.6) is 0 Å². The summed E-state index contributed by atoms with van der Waals surface area (Å²) in [5.74, 6) is -1.27. The first kappa shape index (κ1) is 12.8. The lowest BCUT2D eigenvalue weighted by molar-refractivity contribution is -0.118. The van der Waals surface area contributed by atoms with E-state index < -0.39 is 17.3 Å². The molecule has 0 bridgehead atoms. The van der Waals surface area contributed by atoms with Crippen LogP contribution in [0.25, 0.3) is 0 Å². The SMILES string of the molecule is O=C(NCC1(O)CCCCC1)C(=O)c1ccc[nH]1. The van der Waals surface area contributed by atoms with Gasteiger partial charge < -0.3 is 15.4 Å². The molecule has 0 radical (unpaired) electrons. The Bertz CT molecular complexity index is 419. The van der Waals surface area contributed by atoms with Gasteiger partial charge in [-0.3, -0.25) is 9.59 Å². The van der Waals surface area contributed by atoms with Crippen molar-refractivity contribution in [1.82, 2.24) is 10.3 Å². The average Bonchev–Trinajstić information content (AvgIpc) is 2.90. The van der Waals surface area contributed by atoms with Crippen LogP contribution < -0.4 is 5.32 Å². The highest BCUT2D eigenvalue weighted by atomic mass is 16.3. The number of carbonyl (C=O) groups excluding carboxylic acids is 2. The van der Waals surface area contributed by atoms with E-state index in [-0.39, 0.29) is 12.2 Å². The smallest absolute Gasteiger partial charge is 0.294 e. The monoisotopic (exact) mass is 250 g/mol. The lowest BCUT2D eigenvalue weighted by Crippen LogP contribution is -2.46. The predicted molar refractivity (Wildman–Crippen MR) is 66.2 cm³/mol. The molecule has 1 fully saturated rings. The molecule has 1 amide bonds. The molecule has 0 saturated heterocycles. The lowest BCUT2D eigenvalue weighted by Gasteiger charge is -2.31. The van der Waals surface area contributed by atoms with Gasteiger partial charge in [0.15, 0.2) is 0 Å². The summed E-state index contributed by atoms with van der Waals surface area (Å²) in [6.07, 6.45) is 6.02. The fourth-order valence-electron chi connectivity index (χ4n) is 2.31. The largest absolute Gasteiger partial charge is 0.388 e. The fourth-order valence-corrected chi connectivity index (χ4v) is 2.31. The second kappa shape index (κ2) is 5.35. The molecule has 5 nitrogen and oxygen atoms in total. The highest BCUT2D eigenvalue weighted by Crippen LogP contribution is 2.27. The summed E-state index contributed by atoms with van der Waals surface area (Å²) in [4.78, 5) is 26.0. The third-order valence-corrected chi connectivity index (χ3v) is 3.41. The van der Waals surface area contributed by atoms with Crippen molar-refractivity contribution in [3.63, 3.8) is 0 Å². The van der Waals surface area contributed by atoms with Gasteiger partial charge in [0, 0.05) is 12.7 Å². The number of carbonyl (C=O) groups is 2. The quantitative estimate of drug-likeness (QED) is 0.551. The molecule has 1 aromatic heterocycles. The Morgan fingerprint density at radius 3 is 2.67 bits per heavy atom. The Kier molecular flexibility index (Phi) is 3.81. The van der Waals surface area contributed by atoms with Crippen molar-refractivity contribution in [3.05, 3.63) is 24.0 Å². The van der Waals surface area contributed by atoms with Crippen molar-refractivity contribution >= 4 is 11.7 Å². The van der Waals surface area contributed by atoms with Gasteiger partial charge in [0.2, 0.25) is 0 Å². The molecule has 0 unspecified atom stereocenters. The summed E-state index contributed by atoms with van der Waals surface area (Å²) in [6, 6.07) is 3.21. The van der Waals surface area contributed by atoms with Gasteiger partial charge in [-0.2, -0.15) is 0 Å². The van der Waals surface area contributed by atoms with Crippen LogP contribution in [0.4, 0.5) is 0 Å². The van der Waals surface area contributed by atoms with Crippen molar-refractivity contribution in [2.75, 3.05) is 6.54 Å². The van der Waals surface area contributed by atoms with Gasteiger partial charge in [-0.25, -0.2) is 0 Å². The third kappa shape index (κ3) is 2.98. The first-order chi connectivity index (χ1) is 8.61. The van der Waals surface area contributed by atoms with Crippen molar-refractivity contribution in [2.45, 2.75) is 37.7 Å². The molecule has 1 aromatic rings. The molecule has 18 heavy (non-hydrogen) atoms. The second-order valence-electron chi connectivity index (χ2n) is 4.88. The topological polar surface area (TPSA) is 82.2 Å². The second-order valence-corrected chi connectivity index (χ2v) is 4.88. The number of hydrogen-bond acceptors (Lipinski definition) is 3. The molecule has 0 aromatic carbocycles. The highest BCUT2D eigenvalue weighted by Gasteiger charge is 2.30. The Labute approximate surface area is 106 Å². The van der Waals surface area contributed by atoms with Crippen LogP contribution in [0.3, 0.4) is 0 Å². The highest BCUT2D eigenvalue weighted by molar-refractivity contribution is 6.42. The fraction of sp³-hybridized carbons (Fsp3) is 0.538. The zero-order valence-electron chi connectivity index (χ0n) is 10.2. The Balaban J connectivity index is 1.86. The summed E-state index contributed by atoms with van der Waals surface area (Å²) in [7, 11) is 0. The molecular formula is C13H18N2O3. The predicted octanol–water partition coefficient (Wildman–Crippen LogP) is 1.01. The number of hydrogen-bond donors (Lipinski definition) is 3. The van der Waals surface area contributed by atoms with Gasteiger partial charge in [0.25, 0.3) is 11.7 Å². The van der Waals surface area contributed by atoms with E-state index in [9.17, 15) is 14.7 Å². The van der Waals surface area contributed by atoms with Crippen molar-refractivity contribution < 1.29 is 14.7 Å². The minimum absolute atomic E-state index is 0.151. The molecule has 0 spiro atoms. The number of aromatic nitrogens is 1. The van der Waals surface area contributed by atoms with E-state index in [1.165, 1.54) is 0 Å². The molecule has 0 atom stereocenters. The van der Waals surface area contributed by atoms with Gasteiger partial charge in [-0.1, -0.05) is 19.3 Å². The number of aliphatic hydroxyl groups is 1. The van der Waals surface area contributed by atoms with E-state index in [4.69, 9.17) is 0 Å². The first-order valence-corrected chi connectivity index (χ1v) is 6.29. The molecule has 1 heterocycles. The van der Waals surface area contributed by atoms with Gasteiger partial charge in [0.05, 0.1) is 11.3 Å². The maximum Gasteiger partial charge on any atom is 0.294 e. The van der Waals surface area contributed by atoms with Gasteiger partial charge >= 0.3 is 0 Å². The standard InChI is InChI=1S/C13H18N2O3/c16-11(10-5-4-8-14-10)12(17)15-9-13(18)6-2-1-3-7-13/h4-5,8,14,18H,1-3,6-7,9H2,(H,15,17). The van der Waals surface area contributed by atoms with E-state index in [1.54, 1.807) is 18.3 Å². The van der Waals surface area contributed by atoms with Crippen molar-refractivity contribution in [2.24, 2.45) is 0 Å². The normalized spacial score (nSPS) is 18.3. The Morgan fingerprint density at radius 2 is 2.06 bits per heavy atom. The molecule has 98 valence electrons. The van der Waals surface area contributed by atoms with Crippen LogP contribution in [0, 0.1) is 0 Å². The van der Waals surface area contributed by atoms with E-state index >= 15 is 0 Å². The van der Waals surface area contributed by atoms with E-state index in [2.05, 4.69) is 10.3 Å². The number of aromatic amines is 1. The molecule has 1 saturated carbocycles. The van der Waals surface area contributed by atoms with Crippen molar-refractivity contribution in [3.8, 4) is 0 Å².